The van der Waals surface area contributed by atoms with Crippen LogP contribution in [0.2, 0.25) is 0 Å². The van der Waals surface area contributed by atoms with Gasteiger partial charge < -0.3 is 15.5 Å². The van der Waals surface area contributed by atoms with E-state index in [9.17, 15) is 4.79 Å². The third-order valence-electron chi connectivity index (χ3n) is 2.73. The molecule has 0 aliphatic heterocycles. The maximum Gasteiger partial charge on any atom is 0.337 e. The normalized spacial score (nSPS) is 12.6. The number of nitrogens with two attached hydrogens (primary N) is 1. The number of rotatable bonds is 3. The molecule has 2 aromatic rings. The van der Waals surface area contributed by atoms with Crippen LogP contribution >= 0.6 is 0 Å². The molecule has 1 heterocycles. The number of H-pyrrole nitrogens is 1. The minimum atomic E-state index is -0.324. The standard InChI is InChI=1S/C13H16N2O2/c1-8(14)5-10-7-15-12-6-9(13(16)17-2)3-4-11(10)12/h3-4,6-8,15H,5,14H2,1-2H3/t8-/m1/s1. The molecule has 1 atom stereocenters. The van der Waals surface area contributed by atoms with Gasteiger partial charge in [-0.1, -0.05) is 6.07 Å². The molecule has 17 heavy (non-hydrogen) atoms. The molecule has 0 fully saturated rings. The molecule has 0 saturated carbocycles. The summed E-state index contributed by atoms with van der Waals surface area (Å²) in [6, 6.07) is 5.61. The van der Waals surface area contributed by atoms with Crippen molar-refractivity contribution >= 4 is 16.9 Å². The predicted octanol–water partition coefficient (Wildman–Crippen LogP) is 1.84. The molecule has 90 valence electrons. The van der Waals surface area contributed by atoms with Crippen molar-refractivity contribution in [3.05, 3.63) is 35.5 Å². The highest BCUT2D eigenvalue weighted by atomic mass is 16.5. The van der Waals surface area contributed by atoms with E-state index in [2.05, 4.69) is 9.72 Å². The van der Waals surface area contributed by atoms with Crippen molar-refractivity contribution < 1.29 is 9.53 Å². The highest BCUT2D eigenvalue weighted by Crippen LogP contribution is 2.21. The van der Waals surface area contributed by atoms with Crippen molar-refractivity contribution in [3.63, 3.8) is 0 Å². The zero-order valence-corrected chi connectivity index (χ0v) is 9.99. The summed E-state index contributed by atoms with van der Waals surface area (Å²) >= 11 is 0. The number of benzene rings is 1. The topological polar surface area (TPSA) is 68.1 Å². The predicted molar refractivity (Wildman–Crippen MR) is 67.0 cm³/mol. The van der Waals surface area contributed by atoms with Gasteiger partial charge in [0.1, 0.15) is 0 Å². The Hall–Kier alpha value is -1.81. The van der Waals surface area contributed by atoms with E-state index in [1.807, 2.05) is 19.2 Å². The highest BCUT2D eigenvalue weighted by Gasteiger charge is 2.10. The average molecular weight is 232 g/mol. The summed E-state index contributed by atoms with van der Waals surface area (Å²) in [4.78, 5) is 14.5. The Kier molecular flexibility index (Phi) is 3.15. The minimum Gasteiger partial charge on any atom is -0.465 e. The number of hydrogen-bond acceptors (Lipinski definition) is 3. The molecule has 0 saturated heterocycles. The van der Waals surface area contributed by atoms with E-state index in [-0.39, 0.29) is 12.0 Å². The van der Waals surface area contributed by atoms with Gasteiger partial charge in [0.15, 0.2) is 0 Å². The summed E-state index contributed by atoms with van der Waals surface area (Å²) in [5.41, 5.74) is 8.44. The lowest BCUT2D eigenvalue weighted by molar-refractivity contribution is 0.0601. The summed E-state index contributed by atoms with van der Waals surface area (Å²) in [6.07, 6.45) is 2.76. The molecule has 0 unspecified atom stereocenters. The molecule has 0 aliphatic rings. The molecular formula is C13H16N2O2. The number of carbonyl (C=O) groups excluding carboxylic acids is 1. The number of ether oxygens (including phenoxy) is 1. The molecule has 0 bridgehead atoms. The SMILES string of the molecule is COC(=O)c1ccc2c(C[C@@H](C)N)c[nH]c2c1. The van der Waals surface area contributed by atoms with Gasteiger partial charge in [-0.3, -0.25) is 0 Å². The number of nitrogens with one attached hydrogen (secondary N) is 1. The van der Waals surface area contributed by atoms with E-state index in [0.29, 0.717) is 5.56 Å². The minimum absolute atomic E-state index is 0.120. The van der Waals surface area contributed by atoms with Gasteiger partial charge in [0.2, 0.25) is 0 Å². The lowest BCUT2D eigenvalue weighted by Crippen LogP contribution is -2.17. The van der Waals surface area contributed by atoms with E-state index < -0.39 is 0 Å². The van der Waals surface area contributed by atoms with E-state index in [1.54, 1.807) is 12.1 Å². The van der Waals surface area contributed by atoms with Crippen LogP contribution in [0.5, 0.6) is 0 Å². The number of aromatic amines is 1. The van der Waals surface area contributed by atoms with Gasteiger partial charge >= 0.3 is 5.97 Å². The first-order valence-corrected chi connectivity index (χ1v) is 5.55. The van der Waals surface area contributed by atoms with Gasteiger partial charge in [0, 0.05) is 23.1 Å². The van der Waals surface area contributed by atoms with E-state index in [1.165, 1.54) is 12.7 Å². The Morgan fingerprint density at radius 1 is 1.53 bits per heavy atom. The Morgan fingerprint density at radius 2 is 2.29 bits per heavy atom. The lowest BCUT2D eigenvalue weighted by Gasteiger charge is -2.03. The van der Waals surface area contributed by atoms with Gasteiger partial charge in [-0.05, 0) is 31.0 Å². The first-order chi connectivity index (χ1) is 8.11. The maximum absolute atomic E-state index is 11.4. The van der Waals surface area contributed by atoms with E-state index in [0.717, 1.165) is 17.3 Å². The fourth-order valence-electron chi connectivity index (χ4n) is 1.95. The van der Waals surface area contributed by atoms with Crippen LogP contribution in [0.4, 0.5) is 0 Å². The number of hydrogen-bond donors (Lipinski definition) is 2. The third kappa shape index (κ3) is 2.31. The molecule has 3 N–H and O–H groups in total. The summed E-state index contributed by atoms with van der Waals surface area (Å²) < 4.78 is 4.68. The summed E-state index contributed by atoms with van der Waals surface area (Å²) in [7, 11) is 1.38. The highest BCUT2D eigenvalue weighted by molar-refractivity contribution is 5.95. The van der Waals surface area contributed by atoms with Gasteiger partial charge in [0.05, 0.1) is 12.7 Å². The molecule has 0 spiro atoms. The number of carbonyl (C=O) groups is 1. The fraction of sp³-hybridized carbons (Fsp3) is 0.308. The molecular weight excluding hydrogens is 216 g/mol. The molecule has 0 radical (unpaired) electrons. The van der Waals surface area contributed by atoms with E-state index >= 15 is 0 Å². The maximum atomic E-state index is 11.4. The van der Waals surface area contributed by atoms with Crippen LogP contribution < -0.4 is 5.73 Å². The van der Waals surface area contributed by atoms with Crippen LogP contribution in [-0.4, -0.2) is 24.1 Å². The number of fused-ring (bicyclic) bond motifs is 1. The van der Waals surface area contributed by atoms with Crippen molar-refractivity contribution in [2.75, 3.05) is 7.11 Å². The molecule has 2 rings (SSSR count). The Labute approximate surface area is 99.8 Å². The van der Waals surface area contributed by atoms with Crippen LogP contribution in [0.15, 0.2) is 24.4 Å². The lowest BCUT2D eigenvalue weighted by atomic mass is 10.1. The van der Waals surface area contributed by atoms with Crippen LogP contribution in [-0.2, 0) is 11.2 Å². The zero-order valence-electron chi connectivity index (χ0n) is 9.99. The first kappa shape index (κ1) is 11.7. The van der Waals surface area contributed by atoms with Crippen molar-refractivity contribution in [3.8, 4) is 0 Å². The summed E-state index contributed by atoms with van der Waals surface area (Å²) in [5.74, 6) is -0.324. The average Bonchev–Trinajstić information content (AvgIpc) is 2.70. The summed E-state index contributed by atoms with van der Waals surface area (Å²) in [6.45, 7) is 1.97. The van der Waals surface area contributed by atoms with Crippen molar-refractivity contribution in [2.45, 2.75) is 19.4 Å². The van der Waals surface area contributed by atoms with Crippen molar-refractivity contribution in [1.29, 1.82) is 0 Å². The van der Waals surface area contributed by atoms with Crippen molar-refractivity contribution in [1.82, 2.24) is 4.98 Å². The van der Waals surface area contributed by atoms with Gasteiger partial charge in [-0.25, -0.2) is 4.79 Å². The summed E-state index contributed by atoms with van der Waals surface area (Å²) in [5, 5.41) is 1.11. The van der Waals surface area contributed by atoms with Crippen LogP contribution in [0.1, 0.15) is 22.8 Å². The van der Waals surface area contributed by atoms with Crippen LogP contribution in [0.25, 0.3) is 10.9 Å². The Bertz CT molecular complexity index is 543. The second-order valence-electron chi connectivity index (χ2n) is 4.25. The molecule has 1 aromatic heterocycles. The third-order valence-corrected chi connectivity index (χ3v) is 2.73. The molecule has 1 aromatic carbocycles. The molecule has 0 aliphatic carbocycles. The number of methoxy groups -OCH3 is 1. The van der Waals surface area contributed by atoms with Gasteiger partial charge in [-0.2, -0.15) is 0 Å². The Balaban J connectivity index is 2.41. The first-order valence-electron chi connectivity index (χ1n) is 5.55. The number of aromatic nitrogens is 1. The zero-order chi connectivity index (χ0) is 12.4. The molecule has 4 heteroatoms. The number of esters is 1. The van der Waals surface area contributed by atoms with Crippen molar-refractivity contribution in [2.24, 2.45) is 5.73 Å². The van der Waals surface area contributed by atoms with Crippen LogP contribution in [0, 0.1) is 0 Å². The molecule has 4 nitrogen and oxygen atoms in total. The van der Waals surface area contributed by atoms with Crippen LogP contribution in [0.3, 0.4) is 0 Å². The largest absolute Gasteiger partial charge is 0.465 e. The quantitative estimate of drug-likeness (QED) is 0.793. The fourth-order valence-corrected chi connectivity index (χ4v) is 1.95. The van der Waals surface area contributed by atoms with E-state index in [4.69, 9.17) is 5.73 Å². The van der Waals surface area contributed by atoms with Gasteiger partial charge in [-0.15, -0.1) is 0 Å². The van der Waals surface area contributed by atoms with Gasteiger partial charge in [0.25, 0.3) is 0 Å². The monoisotopic (exact) mass is 232 g/mol. The Morgan fingerprint density at radius 3 is 2.94 bits per heavy atom. The second kappa shape index (κ2) is 4.59. The smallest absolute Gasteiger partial charge is 0.337 e. The molecule has 0 amide bonds. The second-order valence-corrected chi connectivity index (χ2v) is 4.25.